The minimum atomic E-state index is -1.02. The third kappa shape index (κ3) is 16.7. The summed E-state index contributed by atoms with van der Waals surface area (Å²) < 4.78 is 0. The molecular weight excluding hydrogens is 304 g/mol. The van der Waals surface area contributed by atoms with Gasteiger partial charge in [0.05, 0.1) is 0 Å². The summed E-state index contributed by atoms with van der Waals surface area (Å²) >= 11 is 0. The maximum atomic E-state index is 10.2. The number of aliphatic carboxylic acids is 1. The zero-order valence-corrected chi connectivity index (χ0v) is 14.7. The van der Waals surface area contributed by atoms with Crippen LogP contribution in [-0.2, 0) is 9.68 Å². The highest BCUT2D eigenvalue weighted by atomic mass is 17.1. The Labute approximate surface area is 146 Å². The molecule has 4 nitrogen and oxygen atoms in total. The van der Waals surface area contributed by atoms with Crippen molar-refractivity contribution in [3.63, 3.8) is 0 Å². The highest BCUT2D eigenvalue weighted by Gasteiger charge is 1.99. The predicted octanol–water partition coefficient (Wildman–Crippen LogP) is 4.35. The second-order valence-electron chi connectivity index (χ2n) is 5.63. The molecule has 1 atom stereocenters. The van der Waals surface area contributed by atoms with E-state index < -0.39 is 5.97 Å². The quantitative estimate of drug-likeness (QED) is 0.159. The number of hydrogen-bond acceptors (Lipinski definition) is 4. The van der Waals surface area contributed by atoms with Gasteiger partial charge in [-0.15, -0.1) is 0 Å². The lowest BCUT2D eigenvalue weighted by atomic mass is 10.2. The highest BCUT2D eigenvalue weighted by molar-refractivity contribution is 5.64. The van der Waals surface area contributed by atoms with Crippen molar-refractivity contribution in [3.05, 3.63) is 48.6 Å². The fraction of sp³-hybridized carbons (Fsp3) is 0.550. The van der Waals surface area contributed by atoms with E-state index in [2.05, 4.69) is 30.0 Å². The van der Waals surface area contributed by atoms with E-state index in [4.69, 9.17) is 5.26 Å². The van der Waals surface area contributed by atoms with Gasteiger partial charge >= 0.3 is 0 Å². The molecule has 0 heterocycles. The Morgan fingerprint density at radius 3 is 2.50 bits per heavy atom. The molecule has 0 aliphatic carbocycles. The second kappa shape index (κ2) is 17.7. The number of allylic oxidation sites excluding steroid dienone is 6. The molecule has 0 radical (unpaired) electrons. The average Bonchev–Trinajstić information content (AvgIpc) is 2.57. The summed E-state index contributed by atoms with van der Waals surface area (Å²) in [6.07, 6.45) is 23.1. The lowest BCUT2D eigenvalue weighted by Crippen LogP contribution is -2.21. The molecule has 0 rings (SSSR count). The Kier molecular flexibility index (Phi) is 16.5. The SMILES string of the molecule is CCCCC/C=C\C/C=C\CC(/C=C/C=C\CCCC(=O)[O-])OO. The molecule has 0 saturated carbocycles. The molecule has 0 aliphatic heterocycles. The summed E-state index contributed by atoms with van der Waals surface area (Å²) in [6, 6.07) is 0. The fourth-order valence-electron chi connectivity index (χ4n) is 2.02. The Balaban J connectivity index is 3.81. The van der Waals surface area contributed by atoms with Crippen LogP contribution < -0.4 is 5.11 Å². The van der Waals surface area contributed by atoms with Crippen LogP contribution in [0.25, 0.3) is 0 Å². The summed E-state index contributed by atoms with van der Waals surface area (Å²) in [7, 11) is 0. The van der Waals surface area contributed by atoms with Crippen LogP contribution in [0.2, 0.25) is 0 Å². The molecule has 0 aromatic heterocycles. The van der Waals surface area contributed by atoms with E-state index in [1.54, 1.807) is 12.2 Å². The number of hydrogen-bond donors (Lipinski definition) is 1. The summed E-state index contributed by atoms with van der Waals surface area (Å²) in [4.78, 5) is 14.6. The molecule has 4 heteroatoms. The van der Waals surface area contributed by atoms with Crippen molar-refractivity contribution in [1.29, 1.82) is 0 Å². The van der Waals surface area contributed by atoms with E-state index in [1.165, 1.54) is 19.3 Å². The van der Waals surface area contributed by atoms with E-state index in [0.29, 0.717) is 19.3 Å². The van der Waals surface area contributed by atoms with Gasteiger partial charge < -0.3 is 9.90 Å². The van der Waals surface area contributed by atoms with Crippen LogP contribution in [0.1, 0.15) is 64.7 Å². The van der Waals surface area contributed by atoms with Crippen molar-refractivity contribution in [2.24, 2.45) is 0 Å². The number of unbranched alkanes of at least 4 members (excludes halogenated alkanes) is 4. The van der Waals surface area contributed by atoms with Crippen LogP contribution in [0.3, 0.4) is 0 Å². The molecule has 1 N–H and O–H groups in total. The number of carboxylic acid groups (broad SMARTS) is 1. The summed E-state index contributed by atoms with van der Waals surface area (Å²) in [5, 5.41) is 19.1. The molecule has 136 valence electrons. The molecule has 0 aromatic rings. The lowest BCUT2D eigenvalue weighted by Gasteiger charge is -2.04. The first-order valence-corrected chi connectivity index (χ1v) is 8.84. The number of rotatable bonds is 15. The first-order valence-electron chi connectivity index (χ1n) is 8.84. The third-order valence-corrected chi connectivity index (χ3v) is 3.41. The highest BCUT2D eigenvalue weighted by Crippen LogP contribution is 2.04. The fourth-order valence-corrected chi connectivity index (χ4v) is 2.02. The van der Waals surface area contributed by atoms with Gasteiger partial charge in [-0.2, -0.15) is 0 Å². The summed E-state index contributed by atoms with van der Waals surface area (Å²) in [5.41, 5.74) is 0. The van der Waals surface area contributed by atoms with E-state index in [0.717, 1.165) is 12.8 Å². The zero-order valence-electron chi connectivity index (χ0n) is 14.7. The smallest absolute Gasteiger partial charge is 0.115 e. The molecule has 0 amide bonds. The number of carbonyl (C=O) groups excluding carboxylic acids is 1. The molecule has 0 spiro atoms. The normalized spacial score (nSPS) is 13.8. The van der Waals surface area contributed by atoms with Crippen molar-refractivity contribution in [1.82, 2.24) is 0 Å². The molecular formula is C20H31O4-. The molecule has 0 aliphatic rings. The molecule has 1 unspecified atom stereocenters. The van der Waals surface area contributed by atoms with Gasteiger partial charge in [0.25, 0.3) is 0 Å². The molecule has 24 heavy (non-hydrogen) atoms. The van der Waals surface area contributed by atoms with Crippen molar-refractivity contribution in [2.45, 2.75) is 70.8 Å². The van der Waals surface area contributed by atoms with Crippen LogP contribution in [0.15, 0.2) is 48.6 Å². The van der Waals surface area contributed by atoms with Gasteiger partial charge in [-0.1, -0.05) is 68.4 Å². The molecule has 0 fully saturated rings. The minimum absolute atomic E-state index is 0.0777. The van der Waals surface area contributed by atoms with Crippen LogP contribution in [-0.4, -0.2) is 17.3 Å². The Morgan fingerprint density at radius 2 is 1.79 bits per heavy atom. The van der Waals surface area contributed by atoms with Gasteiger partial charge in [-0.05, 0) is 44.9 Å². The van der Waals surface area contributed by atoms with Gasteiger partial charge in [0.15, 0.2) is 0 Å². The van der Waals surface area contributed by atoms with Gasteiger partial charge in [-0.25, -0.2) is 4.89 Å². The van der Waals surface area contributed by atoms with Crippen molar-refractivity contribution < 1.29 is 20.0 Å². The predicted molar refractivity (Wildman–Crippen MR) is 96.3 cm³/mol. The maximum absolute atomic E-state index is 10.2. The van der Waals surface area contributed by atoms with E-state index in [1.807, 2.05) is 18.2 Å². The standard InChI is InChI=1S/C20H32O4/c1-2-3-4-5-6-7-8-10-13-16-19(24-23)17-14-11-9-12-15-18-20(21)22/h6-7,9-11,13-14,17,19,23H,2-5,8,12,15-16,18H2,1H3,(H,21,22)/p-1/b7-6-,11-9-,13-10-,17-14+. The Bertz CT molecular complexity index is 408. The van der Waals surface area contributed by atoms with Crippen molar-refractivity contribution in [3.8, 4) is 0 Å². The molecule has 0 bridgehead atoms. The van der Waals surface area contributed by atoms with E-state index >= 15 is 0 Å². The van der Waals surface area contributed by atoms with Gasteiger partial charge in [0.1, 0.15) is 6.10 Å². The van der Waals surface area contributed by atoms with Crippen molar-refractivity contribution >= 4 is 5.97 Å². The molecule has 0 saturated heterocycles. The monoisotopic (exact) mass is 335 g/mol. The van der Waals surface area contributed by atoms with E-state index in [-0.39, 0.29) is 12.5 Å². The van der Waals surface area contributed by atoms with Gasteiger partial charge in [0, 0.05) is 5.97 Å². The largest absolute Gasteiger partial charge is 0.550 e. The maximum Gasteiger partial charge on any atom is 0.115 e. The van der Waals surface area contributed by atoms with Gasteiger partial charge in [-0.3, -0.25) is 5.26 Å². The van der Waals surface area contributed by atoms with Crippen molar-refractivity contribution in [2.75, 3.05) is 0 Å². The number of carboxylic acids is 1. The van der Waals surface area contributed by atoms with Crippen LogP contribution in [0.4, 0.5) is 0 Å². The summed E-state index contributed by atoms with van der Waals surface area (Å²) in [6.45, 7) is 2.20. The third-order valence-electron chi connectivity index (χ3n) is 3.41. The first-order chi connectivity index (χ1) is 11.7. The minimum Gasteiger partial charge on any atom is -0.550 e. The Hall–Kier alpha value is -1.65. The van der Waals surface area contributed by atoms with Crippen LogP contribution in [0.5, 0.6) is 0 Å². The first kappa shape index (κ1) is 22.4. The Morgan fingerprint density at radius 1 is 1.04 bits per heavy atom. The second-order valence-corrected chi connectivity index (χ2v) is 5.63. The van der Waals surface area contributed by atoms with Crippen LogP contribution in [0, 0.1) is 0 Å². The molecule has 0 aromatic carbocycles. The van der Waals surface area contributed by atoms with Crippen LogP contribution >= 0.6 is 0 Å². The zero-order chi connectivity index (χ0) is 17.9. The van der Waals surface area contributed by atoms with Gasteiger partial charge in [0.2, 0.25) is 0 Å². The summed E-state index contributed by atoms with van der Waals surface area (Å²) in [5.74, 6) is -1.02. The topological polar surface area (TPSA) is 69.6 Å². The number of carbonyl (C=O) groups is 1. The lowest BCUT2D eigenvalue weighted by molar-refractivity contribution is -0.305. The van der Waals surface area contributed by atoms with E-state index in [9.17, 15) is 9.90 Å². The average molecular weight is 335 g/mol.